The van der Waals surface area contributed by atoms with Crippen molar-refractivity contribution in [1.82, 2.24) is 9.97 Å². The first-order valence-corrected chi connectivity index (χ1v) is 9.30. The summed E-state index contributed by atoms with van der Waals surface area (Å²) < 4.78 is 16.7. The van der Waals surface area contributed by atoms with E-state index in [0.717, 1.165) is 0 Å². The van der Waals surface area contributed by atoms with Gasteiger partial charge >= 0.3 is 0 Å². The van der Waals surface area contributed by atoms with Gasteiger partial charge in [0.25, 0.3) is 5.91 Å². The highest BCUT2D eigenvalue weighted by molar-refractivity contribution is 5.98. The molecule has 0 aliphatic carbocycles. The maximum absolute atomic E-state index is 12.0. The first kappa shape index (κ1) is 21.1. The van der Waals surface area contributed by atoms with Gasteiger partial charge in [0.05, 0.1) is 37.5 Å². The van der Waals surface area contributed by atoms with Crippen LogP contribution in [0, 0.1) is 5.92 Å². The van der Waals surface area contributed by atoms with E-state index in [-0.39, 0.29) is 30.6 Å². The Morgan fingerprint density at radius 2 is 1.87 bits per heavy atom. The first-order valence-electron chi connectivity index (χ1n) is 9.30. The Balaban J connectivity index is 2.10. The van der Waals surface area contributed by atoms with Crippen molar-refractivity contribution in [3.8, 4) is 17.2 Å². The molecule has 1 amide bonds. The van der Waals surface area contributed by atoms with Gasteiger partial charge in [-0.1, -0.05) is 19.1 Å². The molecule has 0 saturated heterocycles. The van der Waals surface area contributed by atoms with Gasteiger partial charge in [-0.15, -0.1) is 0 Å². The number of rotatable bonds is 9. The molecule has 0 saturated carbocycles. The minimum Gasteiger partial charge on any atom is -0.497 e. The molecule has 1 atom stereocenters. The summed E-state index contributed by atoms with van der Waals surface area (Å²) in [6, 6.07) is 10.5. The third-order valence-electron chi connectivity index (χ3n) is 4.36. The average molecular weight is 412 g/mol. The van der Waals surface area contributed by atoms with Crippen molar-refractivity contribution in [2.75, 3.05) is 32.8 Å². The Kier molecular flexibility index (Phi) is 6.53. The van der Waals surface area contributed by atoms with E-state index in [1.54, 1.807) is 30.3 Å². The quantitative estimate of drug-likeness (QED) is 0.489. The van der Waals surface area contributed by atoms with E-state index < -0.39 is 5.91 Å². The topological polar surface area (TPSA) is 129 Å². The van der Waals surface area contributed by atoms with Crippen LogP contribution in [0.4, 0.5) is 11.5 Å². The van der Waals surface area contributed by atoms with Crippen LogP contribution in [0.25, 0.3) is 11.0 Å². The van der Waals surface area contributed by atoms with E-state index in [4.69, 9.17) is 19.9 Å². The Labute approximate surface area is 173 Å². The molecule has 2 aromatic carbocycles. The zero-order chi connectivity index (χ0) is 21.7. The van der Waals surface area contributed by atoms with E-state index in [2.05, 4.69) is 15.3 Å². The number of ether oxygens (including phenoxy) is 3. The number of anilines is 2. The largest absolute Gasteiger partial charge is 0.497 e. The number of aromatic nitrogens is 2. The van der Waals surface area contributed by atoms with Crippen molar-refractivity contribution in [1.29, 1.82) is 0 Å². The van der Waals surface area contributed by atoms with Crippen LogP contribution in [0.2, 0.25) is 0 Å². The van der Waals surface area contributed by atoms with Crippen LogP contribution in [-0.2, 0) is 0 Å². The van der Waals surface area contributed by atoms with Gasteiger partial charge in [0, 0.05) is 24.7 Å². The fourth-order valence-corrected chi connectivity index (χ4v) is 2.75. The average Bonchev–Trinajstić information content (AvgIpc) is 2.76. The van der Waals surface area contributed by atoms with E-state index in [1.165, 1.54) is 14.2 Å². The molecule has 0 aliphatic heterocycles. The number of nitrogens with one attached hydrogen (secondary N) is 1. The maximum atomic E-state index is 12.0. The van der Waals surface area contributed by atoms with E-state index in [1.807, 2.05) is 13.0 Å². The van der Waals surface area contributed by atoms with Gasteiger partial charge < -0.3 is 30.4 Å². The molecule has 9 nitrogen and oxygen atoms in total. The zero-order valence-electron chi connectivity index (χ0n) is 17.0. The second kappa shape index (κ2) is 9.27. The molecule has 158 valence electrons. The van der Waals surface area contributed by atoms with Gasteiger partial charge in [-0.3, -0.25) is 4.79 Å². The second-order valence-electron chi connectivity index (χ2n) is 6.70. The predicted octanol–water partition coefficient (Wildman–Crippen LogP) is 2.50. The van der Waals surface area contributed by atoms with Gasteiger partial charge in [0.15, 0.2) is 23.0 Å². The summed E-state index contributed by atoms with van der Waals surface area (Å²) in [4.78, 5) is 20.9. The Hall–Kier alpha value is -3.59. The minimum absolute atomic E-state index is 0.00911. The number of carbonyl (C=O) groups excluding carboxylic acids is 1. The van der Waals surface area contributed by atoms with Crippen LogP contribution in [0.1, 0.15) is 17.4 Å². The summed E-state index contributed by atoms with van der Waals surface area (Å²) in [5.74, 6) is 0.663. The van der Waals surface area contributed by atoms with Crippen molar-refractivity contribution in [3.63, 3.8) is 0 Å². The molecule has 30 heavy (non-hydrogen) atoms. The molecule has 3 rings (SSSR count). The van der Waals surface area contributed by atoms with Crippen LogP contribution in [0.15, 0.2) is 36.4 Å². The summed E-state index contributed by atoms with van der Waals surface area (Å²) in [7, 11) is 3.03. The summed E-state index contributed by atoms with van der Waals surface area (Å²) in [6.07, 6.45) is 0. The van der Waals surface area contributed by atoms with Crippen LogP contribution in [0.3, 0.4) is 0 Å². The van der Waals surface area contributed by atoms with Crippen molar-refractivity contribution < 1.29 is 24.1 Å². The Bertz CT molecular complexity index is 1060. The van der Waals surface area contributed by atoms with E-state index in [9.17, 15) is 9.90 Å². The highest BCUT2D eigenvalue weighted by atomic mass is 16.5. The Morgan fingerprint density at radius 3 is 2.47 bits per heavy atom. The normalized spacial score (nSPS) is 11.7. The first-order chi connectivity index (χ1) is 14.5. The summed E-state index contributed by atoms with van der Waals surface area (Å²) in [5.41, 5.74) is 7.12. The molecular formula is C21H24N4O5. The molecule has 0 aliphatic rings. The van der Waals surface area contributed by atoms with Gasteiger partial charge in [0.2, 0.25) is 0 Å². The van der Waals surface area contributed by atoms with Gasteiger partial charge in [-0.25, -0.2) is 9.97 Å². The number of aliphatic hydroxyl groups excluding tert-OH is 1. The SMILES string of the molecule is COc1cc(Nc2nc3ccccc3nc2C(N)=O)c(OCC(C)CO)c(OC)c1. The van der Waals surface area contributed by atoms with Crippen LogP contribution in [0.5, 0.6) is 17.2 Å². The van der Waals surface area contributed by atoms with Crippen LogP contribution < -0.4 is 25.3 Å². The smallest absolute Gasteiger partial charge is 0.271 e. The van der Waals surface area contributed by atoms with E-state index >= 15 is 0 Å². The van der Waals surface area contributed by atoms with Crippen molar-refractivity contribution in [3.05, 3.63) is 42.1 Å². The fraction of sp³-hybridized carbons (Fsp3) is 0.286. The number of fused-ring (bicyclic) bond motifs is 1. The molecule has 0 fully saturated rings. The monoisotopic (exact) mass is 412 g/mol. The molecule has 1 heterocycles. The van der Waals surface area contributed by atoms with Gasteiger partial charge in [-0.2, -0.15) is 0 Å². The summed E-state index contributed by atoms with van der Waals surface area (Å²) in [6.45, 7) is 2.08. The van der Waals surface area contributed by atoms with Gasteiger partial charge in [-0.05, 0) is 12.1 Å². The second-order valence-corrected chi connectivity index (χ2v) is 6.70. The number of nitrogens with zero attached hydrogens (tertiary/aromatic N) is 2. The van der Waals surface area contributed by atoms with Crippen LogP contribution in [-0.4, -0.2) is 48.4 Å². The molecular weight excluding hydrogens is 388 g/mol. The molecule has 1 aromatic heterocycles. The standard InChI is InChI=1S/C21H24N4O5/c1-12(10-26)11-30-19-16(8-13(28-2)9-17(19)29-3)25-21-18(20(22)27)23-14-6-4-5-7-15(14)24-21/h4-9,12,26H,10-11H2,1-3H3,(H2,22,27)(H,24,25). The molecule has 9 heteroatoms. The predicted molar refractivity (Wildman–Crippen MR) is 113 cm³/mol. The number of methoxy groups -OCH3 is 2. The lowest BCUT2D eigenvalue weighted by Gasteiger charge is -2.19. The van der Waals surface area contributed by atoms with Crippen molar-refractivity contribution in [2.24, 2.45) is 11.7 Å². The number of hydrogen-bond donors (Lipinski definition) is 3. The van der Waals surface area contributed by atoms with Gasteiger partial charge in [0.1, 0.15) is 5.75 Å². The fourth-order valence-electron chi connectivity index (χ4n) is 2.75. The maximum Gasteiger partial charge on any atom is 0.271 e. The molecule has 0 spiro atoms. The lowest BCUT2D eigenvalue weighted by molar-refractivity contribution is 0.0996. The minimum atomic E-state index is -0.720. The number of benzene rings is 2. The highest BCUT2D eigenvalue weighted by Gasteiger charge is 2.20. The Morgan fingerprint density at radius 1 is 1.17 bits per heavy atom. The molecule has 3 aromatic rings. The van der Waals surface area contributed by atoms with Crippen molar-refractivity contribution in [2.45, 2.75) is 6.92 Å². The number of para-hydroxylation sites is 2. The highest BCUT2D eigenvalue weighted by Crippen LogP contribution is 2.41. The molecule has 0 radical (unpaired) electrons. The lowest BCUT2D eigenvalue weighted by atomic mass is 10.2. The molecule has 1 unspecified atom stereocenters. The number of hydrogen-bond acceptors (Lipinski definition) is 8. The number of carbonyl (C=O) groups is 1. The lowest BCUT2D eigenvalue weighted by Crippen LogP contribution is -2.17. The zero-order valence-corrected chi connectivity index (χ0v) is 17.0. The molecule has 4 N–H and O–H groups in total. The van der Waals surface area contributed by atoms with E-state index in [0.29, 0.717) is 34.0 Å². The third-order valence-corrected chi connectivity index (χ3v) is 4.36. The summed E-state index contributed by atoms with van der Waals surface area (Å²) >= 11 is 0. The molecule has 0 bridgehead atoms. The number of primary amides is 1. The number of aliphatic hydroxyl groups is 1. The summed E-state index contributed by atoms with van der Waals surface area (Å²) in [5, 5.41) is 12.4. The van der Waals surface area contributed by atoms with Crippen LogP contribution >= 0.6 is 0 Å². The third kappa shape index (κ3) is 4.52. The number of amides is 1. The van der Waals surface area contributed by atoms with Crippen molar-refractivity contribution >= 4 is 28.4 Å². The number of nitrogens with two attached hydrogens (primary N) is 1.